The van der Waals surface area contributed by atoms with E-state index in [1.54, 1.807) is 23.6 Å². The Kier molecular flexibility index (Phi) is 4.79. The third-order valence-corrected chi connectivity index (χ3v) is 2.49. The van der Waals surface area contributed by atoms with Crippen LogP contribution < -0.4 is 15.4 Å². The normalized spacial score (nSPS) is 10.7. The van der Waals surface area contributed by atoms with Crippen molar-refractivity contribution in [2.75, 3.05) is 0 Å². The summed E-state index contributed by atoms with van der Waals surface area (Å²) in [4.78, 5) is 15.6. The number of halogens is 3. The number of hydrogen-bond donors (Lipinski definition) is 3. The van der Waals surface area contributed by atoms with Gasteiger partial charge in [0, 0.05) is 11.8 Å². The van der Waals surface area contributed by atoms with Gasteiger partial charge in [0.25, 0.3) is 5.91 Å². The molecule has 1 heterocycles. The summed E-state index contributed by atoms with van der Waals surface area (Å²) in [5, 5.41) is 9.69. The van der Waals surface area contributed by atoms with Gasteiger partial charge in [-0.15, -0.1) is 0 Å². The van der Waals surface area contributed by atoms with Crippen LogP contribution in [0, 0.1) is 5.41 Å². The molecule has 0 bridgehead atoms. The quantitative estimate of drug-likeness (QED) is 0.460. The van der Waals surface area contributed by atoms with Crippen LogP contribution in [0.15, 0.2) is 48.8 Å². The van der Waals surface area contributed by atoms with E-state index < -0.39 is 18.2 Å². The molecule has 1 aromatic carbocycles. The average Bonchev–Trinajstić information content (AvgIpc) is 2.47. The van der Waals surface area contributed by atoms with Gasteiger partial charge in [0.1, 0.15) is 11.5 Å². The highest BCUT2D eigenvalue weighted by molar-refractivity contribution is 6.04. The Hall–Kier alpha value is -3.10. The molecule has 120 valence electrons. The fourth-order valence-corrected chi connectivity index (χ4v) is 1.58. The molecule has 0 spiro atoms. The molecule has 0 fully saturated rings. The van der Waals surface area contributed by atoms with Crippen LogP contribution in [0.2, 0.25) is 0 Å². The summed E-state index contributed by atoms with van der Waals surface area (Å²) in [5.74, 6) is -1.07. The predicted molar refractivity (Wildman–Crippen MR) is 75.1 cm³/mol. The number of pyridine rings is 1. The molecule has 6 nitrogen and oxygen atoms in total. The molecule has 0 aliphatic heterocycles. The van der Waals surface area contributed by atoms with E-state index in [-0.39, 0.29) is 5.56 Å². The van der Waals surface area contributed by atoms with Crippen molar-refractivity contribution in [2.24, 2.45) is 0 Å². The van der Waals surface area contributed by atoms with E-state index in [1.165, 1.54) is 30.5 Å². The van der Waals surface area contributed by atoms with Crippen LogP contribution in [0.25, 0.3) is 0 Å². The minimum absolute atomic E-state index is 0.0808. The second-order valence-electron chi connectivity index (χ2n) is 4.27. The van der Waals surface area contributed by atoms with E-state index in [2.05, 4.69) is 4.98 Å². The number of amides is 1. The van der Waals surface area contributed by atoms with Crippen molar-refractivity contribution < 1.29 is 22.7 Å². The second-order valence-corrected chi connectivity index (χ2v) is 4.27. The highest BCUT2D eigenvalue weighted by Crippen LogP contribution is 2.20. The van der Waals surface area contributed by atoms with E-state index in [4.69, 9.17) is 10.1 Å². The summed E-state index contributed by atoms with van der Waals surface area (Å²) in [6.07, 6.45) is -1.69. The van der Waals surface area contributed by atoms with E-state index in [0.29, 0.717) is 11.5 Å². The summed E-state index contributed by atoms with van der Waals surface area (Å²) < 4.78 is 41.4. The maximum atomic E-state index is 12.0. The maximum absolute atomic E-state index is 12.0. The van der Waals surface area contributed by atoms with Gasteiger partial charge in [0.15, 0.2) is 0 Å². The molecular formula is C14H11F3N4O2. The summed E-state index contributed by atoms with van der Waals surface area (Å²) in [6.45, 7) is 0. The molecule has 0 atom stereocenters. The fourth-order valence-electron chi connectivity index (χ4n) is 1.58. The third-order valence-electron chi connectivity index (χ3n) is 2.49. The smallest absolute Gasteiger partial charge is 0.456 e. The van der Waals surface area contributed by atoms with Gasteiger partial charge < -0.3 is 4.74 Å². The first-order valence-electron chi connectivity index (χ1n) is 6.26. The van der Waals surface area contributed by atoms with E-state index in [9.17, 15) is 18.0 Å². The lowest BCUT2D eigenvalue weighted by Crippen LogP contribution is -2.46. The molecule has 3 N–H and O–H groups in total. The van der Waals surface area contributed by atoms with Gasteiger partial charge in [-0.25, -0.2) is 0 Å². The highest BCUT2D eigenvalue weighted by atomic mass is 19.4. The first kappa shape index (κ1) is 16.3. The largest absolute Gasteiger partial charge is 0.484 e. The van der Waals surface area contributed by atoms with Crippen molar-refractivity contribution in [3.05, 3.63) is 54.4 Å². The lowest BCUT2D eigenvalue weighted by Gasteiger charge is -2.12. The SMILES string of the molecule is N=C(NC(=O)c1ccc(Oc2cccnc2)cc1)NC(F)(F)F. The Bertz CT molecular complexity index is 687. The number of benzene rings is 1. The second kappa shape index (κ2) is 6.77. The number of nitrogens with zero attached hydrogens (tertiary/aromatic N) is 1. The number of rotatable bonds is 3. The van der Waals surface area contributed by atoms with Crippen LogP contribution in [0.3, 0.4) is 0 Å². The van der Waals surface area contributed by atoms with Crippen molar-refractivity contribution in [3.63, 3.8) is 0 Å². The summed E-state index contributed by atoms with van der Waals surface area (Å²) in [7, 11) is 0. The molecule has 2 rings (SSSR count). The van der Waals surface area contributed by atoms with Crippen LogP contribution in [-0.4, -0.2) is 23.2 Å². The van der Waals surface area contributed by atoms with Crippen LogP contribution >= 0.6 is 0 Å². The van der Waals surface area contributed by atoms with Crippen LogP contribution in [0.1, 0.15) is 10.4 Å². The van der Waals surface area contributed by atoms with Gasteiger partial charge in [-0.3, -0.25) is 25.8 Å². The minimum atomic E-state index is -4.79. The van der Waals surface area contributed by atoms with E-state index in [0.717, 1.165) is 5.32 Å². The predicted octanol–water partition coefficient (Wildman–Crippen LogP) is 2.65. The lowest BCUT2D eigenvalue weighted by molar-refractivity contribution is -0.142. The van der Waals surface area contributed by atoms with Crippen molar-refractivity contribution >= 4 is 11.9 Å². The fraction of sp³-hybridized carbons (Fsp3) is 0.0714. The van der Waals surface area contributed by atoms with Crippen LogP contribution in [0.5, 0.6) is 11.5 Å². The van der Waals surface area contributed by atoms with Gasteiger partial charge >= 0.3 is 6.30 Å². The van der Waals surface area contributed by atoms with Gasteiger partial charge in [-0.2, -0.15) is 13.2 Å². The number of nitrogens with one attached hydrogen (secondary N) is 3. The number of carbonyl (C=O) groups excluding carboxylic acids is 1. The Balaban J connectivity index is 1.96. The molecule has 0 saturated carbocycles. The number of hydrogen-bond acceptors (Lipinski definition) is 4. The van der Waals surface area contributed by atoms with Crippen molar-refractivity contribution in [1.29, 1.82) is 5.41 Å². The maximum Gasteiger partial charge on any atom is 0.484 e. The average molecular weight is 324 g/mol. The van der Waals surface area contributed by atoms with Crippen molar-refractivity contribution in [1.82, 2.24) is 15.6 Å². The van der Waals surface area contributed by atoms with Gasteiger partial charge in [0.2, 0.25) is 5.96 Å². The van der Waals surface area contributed by atoms with Crippen molar-refractivity contribution in [3.8, 4) is 11.5 Å². The highest BCUT2D eigenvalue weighted by Gasteiger charge is 2.29. The van der Waals surface area contributed by atoms with Crippen LogP contribution in [0.4, 0.5) is 13.2 Å². The number of guanidine groups is 1. The molecule has 0 saturated heterocycles. The monoisotopic (exact) mass is 324 g/mol. The summed E-state index contributed by atoms with van der Waals surface area (Å²) in [6, 6.07) is 9.06. The molecule has 9 heteroatoms. The first-order chi connectivity index (χ1) is 10.8. The Morgan fingerprint density at radius 3 is 2.39 bits per heavy atom. The Morgan fingerprint density at radius 1 is 1.13 bits per heavy atom. The topological polar surface area (TPSA) is 87.1 Å². The molecule has 0 aliphatic carbocycles. The molecule has 0 aliphatic rings. The van der Waals surface area contributed by atoms with Gasteiger partial charge in [0.05, 0.1) is 6.20 Å². The molecule has 0 radical (unpaired) electrons. The Morgan fingerprint density at radius 2 is 1.83 bits per heavy atom. The summed E-state index contributed by atoms with van der Waals surface area (Å²) in [5.41, 5.74) is 0.0808. The molecular weight excluding hydrogens is 313 g/mol. The third kappa shape index (κ3) is 5.30. The number of alkyl halides is 3. The lowest BCUT2D eigenvalue weighted by atomic mass is 10.2. The molecule has 2 aromatic rings. The minimum Gasteiger partial charge on any atom is -0.456 e. The molecule has 0 unspecified atom stereocenters. The Labute approximate surface area is 128 Å². The van der Waals surface area contributed by atoms with Gasteiger partial charge in [-0.1, -0.05) is 0 Å². The summed E-state index contributed by atoms with van der Waals surface area (Å²) >= 11 is 0. The number of ether oxygens (including phenoxy) is 1. The molecule has 1 amide bonds. The van der Waals surface area contributed by atoms with E-state index >= 15 is 0 Å². The molecule has 23 heavy (non-hydrogen) atoms. The molecule has 1 aromatic heterocycles. The van der Waals surface area contributed by atoms with E-state index in [1.807, 2.05) is 0 Å². The zero-order valence-corrected chi connectivity index (χ0v) is 11.5. The number of carbonyl (C=O) groups is 1. The van der Waals surface area contributed by atoms with Crippen molar-refractivity contribution in [2.45, 2.75) is 6.30 Å². The first-order valence-corrected chi connectivity index (χ1v) is 6.26. The standard InChI is InChI=1S/C14H11F3N4O2/c15-14(16,17)21-13(18)20-12(22)9-3-5-10(6-4-9)23-11-2-1-7-19-8-11/h1-8H,(H3,18,20,21,22). The zero-order chi connectivity index (χ0) is 16.9. The zero-order valence-electron chi connectivity index (χ0n) is 11.5. The van der Waals surface area contributed by atoms with Crippen LogP contribution in [-0.2, 0) is 0 Å². The van der Waals surface area contributed by atoms with Gasteiger partial charge in [-0.05, 0) is 36.4 Å². The number of aromatic nitrogens is 1.